The van der Waals surface area contributed by atoms with Crippen LogP contribution >= 0.6 is 0 Å². The summed E-state index contributed by atoms with van der Waals surface area (Å²) in [5.41, 5.74) is 0. The standard InChI is InChI=1S/C11H18N2O4/c1-3-12-6-8(5-9(12)14)11(17)13(4-2)7-10(15)16/h8H,3-7H2,1-2H3,(H,15,16). The zero-order valence-corrected chi connectivity index (χ0v) is 10.2. The normalized spacial score (nSPS) is 19.5. The van der Waals surface area contributed by atoms with E-state index in [2.05, 4.69) is 0 Å². The SMILES string of the molecule is CCN1CC(C(=O)N(CC)CC(=O)O)CC1=O. The molecule has 2 amide bonds. The number of likely N-dealkylation sites (tertiary alicyclic amines) is 1. The topological polar surface area (TPSA) is 77.9 Å². The van der Waals surface area contributed by atoms with E-state index in [-0.39, 0.29) is 30.7 Å². The molecule has 1 unspecified atom stereocenters. The quantitative estimate of drug-likeness (QED) is 0.723. The van der Waals surface area contributed by atoms with Crippen LogP contribution in [0.1, 0.15) is 20.3 Å². The molecule has 1 heterocycles. The minimum absolute atomic E-state index is 0.0303. The van der Waals surface area contributed by atoms with Crippen LogP contribution < -0.4 is 0 Å². The summed E-state index contributed by atoms with van der Waals surface area (Å²) in [5.74, 6) is -1.69. The van der Waals surface area contributed by atoms with Crippen molar-refractivity contribution in [1.82, 2.24) is 9.80 Å². The van der Waals surface area contributed by atoms with Crippen LogP contribution in [0.3, 0.4) is 0 Å². The minimum atomic E-state index is -1.03. The largest absolute Gasteiger partial charge is 0.480 e. The molecule has 6 heteroatoms. The minimum Gasteiger partial charge on any atom is -0.480 e. The lowest BCUT2D eigenvalue weighted by Gasteiger charge is -2.22. The summed E-state index contributed by atoms with van der Waals surface area (Å²) in [6.45, 7) is 4.64. The van der Waals surface area contributed by atoms with Gasteiger partial charge in [0.25, 0.3) is 0 Å². The second-order valence-corrected chi connectivity index (χ2v) is 4.08. The number of carbonyl (C=O) groups excluding carboxylic acids is 2. The molecule has 1 saturated heterocycles. The predicted octanol–water partition coefficient (Wildman–Crippen LogP) is -0.212. The highest BCUT2D eigenvalue weighted by Gasteiger charge is 2.35. The maximum atomic E-state index is 12.0. The van der Waals surface area contributed by atoms with E-state index in [1.165, 1.54) is 4.90 Å². The molecule has 0 aromatic rings. The van der Waals surface area contributed by atoms with Crippen LogP contribution in [-0.2, 0) is 14.4 Å². The number of hydrogen-bond acceptors (Lipinski definition) is 3. The van der Waals surface area contributed by atoms with Crippen LogP contribution in [0.25, 0.3) is 0 Å². The fourth-order valence-electron chi connectivity index (χ4n) is 2.01. The number of likely N-dealkylation sites (N-methyl/N-ethyl adjacent to an activating group) is 1. The summed E-state index contributed by atoms with van der Waals surface area (Å²) in [6, 6.07) is 0. The zero-order chi connectivity index (χ0) is 13.0. The number of carboxylic acid groups (broad SMARTS) is 1. The first-order valence-electron chi connectivity index (χ1n) is 5.77. The van der Waals surface area contributed by atoms with Gasteiger partial charge in [-0.1, -0.05) is 0 Å². The Hall–Kier alpha value is -1.59. The summed E-state index contributed by atoms with van der Waals surface area (Å²) in [6.07, 6.45) is 0.197. The van der Waals surface area contributed by atoms with Crippen molar-refractivity contribution in [3.8, 4) is 0 Å². The summed E-state index contributed by atoms with van der Waals surface area (Å²) < 4.78 is 0. The number of carboxylic acids is 1. The summed E-state index contributed by atoms with van der Waals surface area (Å²) in [7, 11) is 0. The second-order valence-electron chi connectivity index (χ2n) is 4.08. The van der Waals surface area contributed by atoms with Gasteiger partial charge in [-0.2, -0.15) is 0 Å². The lowest BCUT2D eigenvalue weighted by Crippen LogP contribution is -2.40. The molecular formula is C11H18N2O4. The van der Waals surface area contributed by atoms with Crippen molar-refractivity contribution in [3.05, 3.63) is 0 Å². The molecule has 1 rings (SSSR count). The van der Waals surface area contributed by atoms with Gasteiger partial charge in [-0.15, -0.1) is 0 Å². The van der Waals surface area contributed by atoms with E-state index in [9.17, 15) is 14.4 Å². The Morgan fingerprint density at radius 3 is 2.53 bits per heavy atom. The van der Waals surface area contributed by atoms with Gasteiger partial charge >= 0.3 is 5.97 Å². The molecule has 1 N–H and O–H groups in total. The fourth-order valence-corrected chi connectivity index (χ4v) is 2.01. The van der Waals surface area contributed by atoms with Crippen LogP contribution in [0.4, 0.5) is 0 Å². The Kier molecular flexibility index (Phi) is 4.48. The van der Waals surface area contributed by atoms with Crippen molar-refractivity contribution in [2.24, 2.45) is 5.92 Å². The van der Waals surface area contributed by atoms with Crippen molar-refractivity contribution in [2.45, 2.75) is 20.3 Å². The average Bonchev–Trinajstić information content (AvgIpc) is 2.66. The van der Waals surface area contributed by atoms with E-state index < -0.39 is 5.97 Å². The van der Waals surface area contributed by atoms with Gasteiger partial charge in [-0.05, 0) is 13.8 Å². The highest BCUT2D eigenvalue weighted by Crippen LogP contribution is 2.19. The molecule has 0 bridgehead atoms. The average molecular weight is 242 g/mol. The molecule has 1 atom stereocenters. The van der Waals surface area contributed by atoms with Gasteiger partial charge in [-0.3, -0.25) is 14.4 Å². The lowest BCUT2D eigenvalue weighted by atomic mass is 10.1. The van der Waals surface area contributed by atoms with Gasteiger partial charge in [-0.25, -0.2) is 0 Å². The Morgan fingerprint density at radius 2 is 2.12 bits per heavy atom. The maximum absolute atomic E-state index is 12.0. The van der Waals surface area contributed by atoms with Crippen molar-refractivity contribution in [1.29, 1.82) is 0 Å². The van der Waals surface area contributed by atoms with E-state index in [4.69, 9.17) is 5.11 Å². The van der Waals surface area contributed by atoms with E-state index in [1.54, 1.807) is 11.8 Å². The highest BCUT2D eigenvalue weighted by molar-refractivity contribution is 5.90. The number of hydrogen-bond donors (Lipinski definition) is 1. The zero-order valence-electron chi connectivity index (χ0n) is 10.2. The van der Waals surface area contributed by atoms with E-state index >= 15 is 0 Å². The third-order valence-electron chi connectivity index (χ3n) is 2.96. The molecule has 0 aromatic heterocycles. The Morgan fingerprint density at radius 1 is 1.47 bits per heavy atom. The van der Waals surface area contributed by atoms with Crippen molar-refractivity contribution in [3.63, 3.8) is 0 Å². The van der Waals surface area contributed by atoms with Gasteiger partial charge in [0.1, 0.15) is 6.54 Å². The van der Waals surface area contributed by atoms with Gasteiger partial charge in [0.2, 0.25) is 11.8 Å². The van der Waals surface area contributed by atoms with Crippen LogP contribution in [0.5, 0.6) is 0 Å². The molecule has 0 radical (unpaired) electrons. The third-order valence-corrected chi connectivity index (χ3v) is 2.96. The number of rotatable bonds is 5. The number of amides is 2. The Labute approximate surface area is 100 Å². The second kappa shape index (κ2) is 5.65. The lowest BCUT2D eigenvalue weighted by molar-refractivity contribution is -0.146. The molecule has 17 heavy (non-hydrogen) atoms. The molecule has 96 valence electrons. The van der Waals surface area contributed by atoms with E-state index in [1.807, 2.05) is 6.92 Å². The molecule has 1 aliphatic rings. The number of aliphatic carboxylic acids is 1. The third kappa shape index (κ3) is 3.18. The van der Waals surface area contributed by atoms with Gasteiger partial charge in [0.15, 0.2) is 0 Å². The Balaban J connectivity index is 2.63. The summed E-state index contributed by atoms with van der Waals surface area (Å²) in [5, 5.41) is 8.69. The molecule has 1 fully saturated rings. The van der Waals surface area contributed by atoms with Crippen LogP contribution in [0.15, 0.2) is 0 Å². The molecule has 0 aromatic carbocycles. The van der Waals surface area contributed by atoms with Crippen LogP contribution in [-0.4, -0.2) is 58.9 Å². The van der Waals surface area contributed by atoms with Crippen LogP contribution in [0, 0.1) is 5.92 Å². The fraction of sp³-hybridized carbons (Fsp3) is 0.727. The first-order valence-corrected chi connectivity index (χ1v) is 5.77. The summed E-state index contributed by atoms with van der Waals surface area (Å²) in [4.78, 5) is 37.0. The Bertz CT molecular complexity index is 329. The van der Waals surface area contributed by atoms with Gasteiger partial charge < -0.3 is 14.9 Å². The number of carbonyl (C=O) groups is 3. The summed E-state index contributed by atoms with van der Waals surface area (Å²) >= 11 is 0. The first kappa shape index (κ1) is 13.5. The first-order chi connectivity index (χ1) is 7.99. The molecule has 0 spiro atoms. The van der Waals surface area contributed by atoms with E-state index in [0.29, 0.717) is 19.6 Å². The molecule has 0 aliphatic carbocycles. The van der Waals surface area contributed by atoms with Crippen LogP contribution in [0.2, 0.25) is 0 Å². The molecule has 1 aliphatic heterocycles. The van der Waals surface area contributed by atoms with Gasteiger partial charge in [0.05, 0.1) is 5.92 Å². The predicted molar refractivity (Wildman–Crippen MR) is 60.3 cm³/mol. The van der Waals surface area contributed by atoms with Crippen molar-refractivity contribution < 1.29 is 19.5 Å². The monoisotopic (exact) mass is 242 g/mol. The molecule has 6 nitrogen and oxygen atoms in total. The highest BCUT2D eigenvalue weighted by atomic mass is 16.4. The van der Waals surface area contributed by atoms with Gasteiger partial charge in [0, 0.05) is 26.1 Å². The van der Waals surface area contributed by atoms with Crippen molar-refractivity contribution >= 4 is 17.8 Å². The number of nitrogens with zero attached hydrogens (tertiary/aromatic N) is 2. The maximum Gasteiger partial charge on any atom is 0.323 e. The van der Waals surface area contributed by atoms with Crippen molar-refractivity contribution in [2.75, 3.05) is 26.2 Å². The molecular weight excluding hydrogens is 224 g/mol. The smallest absolute Gasteiger partial charge is 0.323 e. The van der Waals surface area contributed by atoms with E-state index in [0.717, 1.165) is 0 Å². The molecule has 0 saturated carbocycles.